The maximum absolute atomic E-state index is 10.5. The molecule has 0 fully saturated rings. The van der Waals surface area contributed by atoms with Crippen LogP contribution in [-0.2, 0) is 4.79 Å². The van der Waals surface area contributed by atoms with Crippen LogP contribution in [0.4, 0.5) is 0 Å². The number of nitrogens with one attached hydrogen (secondary N) is 1. The third kappa shape index (κ3) is 4.78. The summed E-state index contributed by atoms with van der Waals surface area (Å²) in [5, 5.41) is 10.3. The summed E-state index contributed by atoms with van der Waals surface area (Å²) >= 11 is 0. The number of nitrogens with zero attached hydrogens (tertiary/aromatic N) is 1. The third-order valence-electron chi connectivity index (χ3n) is 0.736. The van der Waals surface area contributed by atoms with E-state index in [4.69, 9.17) is 11.0 Å². The zero-order valence-corrected chi connectivity index (χ0v) is 5.05. The van der Waals surface area contributed by atoms with Gasteiger partial charge in [-0.15, -0.1) is 0 Å². The van der Waals surface area contributed by atoms with Crippen LogP contribution in [-0.4, -0.2) is 19.0 Å². The fourth-order valence-electron chi connectivity index (χ4n) is 0.358. The lowest BCUT2D eigenvalue weighted by Gasteiger charge is -1.95. The highest BCUT2D eigenvalue weighted by Gasteiger charge is 1.94. The lowest BCUT2D eigenvalue weighted by atomic mass is 10.4. The van der Waals surface area contributed by atoms with Crippen LogP contribution >= 0.6 is 0 Å². The number of carbonyl (C=O) groups excluding carboxylic acids is 1. The Morgan fingerprint density at radius 2 is 2.44 bits per heavy atom. The summed E-state index contributed by atoms with van der Waals surface area (Å²) in [6.07, 6.45) is 0.293. The van der Waals surface area contributed by atoms with E-state index in [9.17, 15) is 4.79 Å². The van der Waals surface area contributed by atoms with E-state index in [0.717, 1.165) is 0 Å². The molecule has 0 aliphatic heterocycles. The molecule has 3 N–H and O–H groups in total. The Morgan fingerprint density at radius 1 is 1.78 bits per heavy atom. The van der Waals surface area contributed by atoms with Crippen molar-refractivity contribution in [3.05, 3.63) is 0 Å². The number of carbonyl (C=O) groups is 1. The lowest BCUT2D eigenvalue weighted by Crippen LogP contribution is -2.25. The van der Waals surface area contributed by atoms with Crippen molar-refractivity contribution in [2.45, 2.75) is 6.42 Å². The summed E-state index contributed by atoms with van der Waals surface area (Å²) in [4.78, 5) is 10.5. The van der Waals surface area contributed by atoms with Gasteiger partial charge in [-0.25, -0.2) is 0 Å². The van der Waals surface area contributed by atoms with Crippen molar-refractivity contribution in [1.82, 2.24) is 5.32 Å². The Balaban J connectivity index is 3.19. The van der Waals surface area contributed by atoms with Crippen molar-refractivity contribution >= 4 is 5.91 Å². The largest absolute Gasteiger partial charge is 0.343 e. The Bertz CT molecular complexity index is 127. The fourth-order valence-corrected chi connectivity index (χ4v) is 0.358. The molecule has 50 valence electrons. The minimum atomic E-state index is -0.168. The van der Waals surface area contributed by atoms with Gasteiger partial charge in [-0.3, -0.25) is 4.79 Å². The van der Waals surface area contributed by atoms with Crippen LogP contribution in [0.25, 0.3) is 0 Å². The van der Waals surface area contributed by atoms with Gasteiger partial charge < -0.3 is 11.1 Å². The summed E-state index contributed by atoms with van der Waals surface area (Å²) < 4.78 is 0. The molecule has 0 heterocycles. The van der Waals surface area contributed by atoms with E-state index in [1.165, 1.54) is 0 Å². The normalized spacial score (nSPS) is 8.00. The van der Waals surface area contributed by atoms with Crippen molar-refractivity contribution in [2.75, 3.05) is 13.1 Å². The number of nitriles is 1. The number of nitrogens with two attached hydrogens (primary N) is 1. The first-order valence-corrected chi connectivity index (χ1v) is 2.65. The fraction of sp³-hybridized carbons (Fsp3) is 0.600. The smallest absolute Gasteiger partial charge is 0.222 e. The molecule has 0 spiro atoms. The average Bonchev–Trinajstić information content (AvgIpc) is 1.85. The van der Waals surface area contributed by atoms with Crippen LogP contribution in [0.2, 0.25) is 0 Å². The van der Waals surface area contributed by atoms with E-state index >= 15 is 0 Å². The standard InChI is InChI=1S/C5H9N3O/c6-2-1-5(9)8-4-3-7/h1-2,4,6H2,(H,8,9). The number of amides is 1. The first kappa shape index (κ1) is 7.92. The minimum Gasteiger partial charge on any atom is -0.343 e. The topological polar surface area (TPSA) is 78.9 Å². The molecule has 0 saturated carbocycles. The third-order valence-corrected chi connectivity index (χ3v) is 0.736. The molecule has 4 nitrogen and oxygen atoms in total. The molecule has 0 bridgehead atoms. The Labute approximate surface area is 53.6 Å². The number of hydrogen-bond acceptors (Lipinski definition) is 3. The van der Waals surface area contributed by atoms with Gasteiger partial charge in [0.2, 0.25) is 5.91 Å². The van der Waals surface area contributed by atoms with Gasteiger partial charge in [-0.1, -0.05) is 0 Å². The molecule has 0 radical (unpaired) electrons. The first-order valence-electron chi connectivity index (χ1n) is 2.65. The lowest BCUT2D eigenvalue weighted by molar-refractivity contribution is -0.120. The summed E-state index contributed by atoms with van der Waals surface area (Å²) in [6, 6.07) is 1.78. The van der Waals surface area contributed by atoms with E-state index in [0.29, 0.717) is 13.0 Å². The van der Waals surface area contributed by atoms with Crippen molar-refractivity contribution in [3.8, 4) is 6.07 Å². The number of hydrogen-bond donors (Lipinski definition) is 2. The summed E-state index contributed by atoms with van der Waals surface area (Å²) in [7, 11) is 0. The highest BCUT2D eigenvalue weighted by Crippen LogP contribution is 1.71. The molecule has 0 aromatic carbocycles. The molecule has 4 heteroatoms. The minimum absolute atomic E-state index is 0.0683. The molecule has 0 aromatic rings. The van der Waals surface area contributed by atoms with Gasteiger partial charge >= 0.3 is 0 Å². The van der Waals surface area contributed by atoms with Crippen LogP contribution in [0.5, 0.6) is 0 Å². The summed E-state index contributed by atoms with van der Waals surface area (Å²) in [6.45, 7) is 0.399. The van der Waals surface area contributed by atoms with Crippen LogP contribution in [0.15, 0.2) is 0 Å². The summed E-state index contributed by atoms with van der Waals surface area (Å²) in [5.74, 6) is -0.168. The molecular weight excluding hydrogens is 118 g/mol. The molecule has 0 aliphatic rings. The van der Waals surface area contributed by atoms with E-state index in [1.54, 1.807) is 6.07 Å². The molecule has 0 saturated heterocycles. The molecule has 0 rings (SSSR count). The Kier molecular flexibility index (Phi) is 4.46. The molecule has 0 unspecified atom stereocenters. The van der Waals surface area contributed by atoms with Gasteiger partial charge in [-0.05, 0) is 0 Å². The average molecular weight is 127 g/mol. The summed E-state index contributed by atoms with van der Waals surface area (Å²) in [5.41, 5.74) is 5.06. The quantitative estimate of drug-likeness (QED) is 0.476. The predicted molar refractivity (Wildman–Crippen MR) is 32.3 cm³/mol. The van der Waals surface area contributed by atoms with Crippen molar-refractivity contribution in [1.29, 1.82) is 5.26 Å². The van der Waals surface area contributed by atoms with E-state index in [2.05, 4.69) is 5.32 Å². The monoisotopic (exact) mass is 127 g/mol. The number of rotatable bonds is 3. The van der Waals surface area contributed by atoms with E-state index < -0.39 is 0 Å². The zero-order chi connectivity index (χ0) is 7.11. The molecule has 0 atom stereocenters. The molecule has 0 aromatic heterocycles. The zero-order valence-electron chi connectivity index (χ0n) is 5.05. The van der Waals surface area contributed by atoms with Gasteiger partial charge in [0.05, 0.1) is 6.07 Å². The highest BCUT2D eigenvalue weighted by molar-refractivity contribution is 5.76. The van der Waals surface area contributed by atoms with Crippen LogP contribution in [0, 0.1) is 11.3 Å². The van der Waals surface area contributed by atoms with Gasteiger partial charge in [0.15, 0.2) is 0 Å². The van der Waals surface area contributed by atoms with Crippen molar-refractivity contribution < 1.29 is 4.79 Å². The van der Waals surface area contributed by atoms with E-state index in [-0.39, 0.29) is 12.5 Å². The van der Waals surface area contributed by atoms with Gasteiger partial charge in [0.25, 0.3) is 0 Å². The van der Waals surface area contributed by atoms with E-state index in [1.807, 2.05) is 0 Å². The molecular formula is C5H9N3O. The van der Waals surface area contributed by atoms with Gasteiger partial charge in [0.1, 0.15) is 6.54 Å². The Hall–Kier alpha value is -1.08. The maximum atomic E-state index is 10.5. The molecule has 9 heavy (non-hydrogen) atoms. The van der Waals surface area contributed by atoms with Gasteiger partial charge in [-0.2, -0.15) is 5.26 Å². The van der Waals surface area contributed by atoms with Crippen LogP contribution < -0.4 is 11.1 Å². The van der Waals surface area contributed by atoms with Crippen molar-refractivity contribution in [3.63, 3.8) is 0 Å². The molecule has 0 aliphatic carbocycles. The highest BCUT2D eigenvalue weighted by atomic mass is 16.1. The Morgan fingerprint density at radius 3 is 2.89 bits per heavy atom. The second kappa shape index (κ2) is 5.06. The predicted octanol–water partition coefficient (Wildman–Crippen LogP) is -1.03. The SMILES string of the molecule is N#CCNC(=O)CCN. The maximum Gasteiger partial charge on any atom is 0.222 e. The second-order valence-electron chi connectivity index (χ2n) is 1.47. The van der Waals surface area contributed by atoms with Gasteiger partial charge in [0, 0.05) is 13.0 Å². The van der Waals surface area contributed by atoms with Crippen LogP contribution in [0.3, 0.4) is 0 Å². The second-order valence-corrected chi connectivity index (χ2v) is 1.47. The van der Waals surface area contributed by atoms with Crippen molar-refractivity contribution in [2.24, 2.45) is 5.73 Å². The molecule has 1 amide bonds. The van der Waals surface area contributed by atoms with Crippen LogP contribution in [0.1, 0.15) is 6.42 Å². The first-order chi connectivity index (χ1) is 4.31.